The molecule has 0 saturated carbocycles. The van der Waals surface area contributed by atoms with E-state index in [9.17, 15) is 4.79 Å². The third-order valence-corrected chi connectivity index (χ3v) is 6.14. The number of hydrogen-bond donors (Lipinski definition) is 2. The molecular formula is C27H39N5O. The fraction of sp³-hybridized carbons (Fsp3) is 0.481. The monoisotopic (exact) mass is 449 g/mol. The number of benzene rings is 2. The van der Waals surface area contributed by atoms with Crippen LogP contribution in [0.3, 0.4) is 0 Å². The van der Waals surface area contributed by atoms with E-state index in [-0.39, 0.29) is 5.91 Å². The van der Waals surface area contributed by atoms with Crippen molar-refractivity contribution in [3.05, 3.63) is 70.8 Å². The van der Waals surface area contributed by atoms with Crippen LogP contribution in [-0.4, -0.2) is 55.4 Å². The van der Waals surface area contributed by atoms with Crippen molar-refractivity contribution in [1.29, 1.82) is 0 Å². The van der Waals surface area contributed by atoms with Crippen LogP contribution in [0.2, 0.25) is 0 Å². The summed E-state index contributed by atoms with van der Waals surface area (Å²) in [5.74, 6) is 1.67. The van der Waals surface area contributed by atoms with Crippen LogP contribution in [0.15, 0.2) is 53.5 Å². The quantitative estimate of drug-likeness (QED) is 0.474. The van der Waals surface area contributed by atoms with Crippen molar-refractivity contribution in [3.8, 4) is 0 Å². The number of carbonyl (C=O) groups excluding carboxylic acids is 1. The van der Waals surface area contributed by atoms with E-state index in [2.05, 4.69) is 53.6 Å². The first kappa shape index (κ1) is 24.8. The van der Waals surface area contributed by atoms with Crippen LogP contribution in [0.4, 0.5) is 0 Å². The Morgan fingerprint density at radius 2 is 1.58 bits per heavy atom. The molecule has 0 atom stereocenters. The molecule has 2 aromatic carbocycles. The molecule has 0 unspecified atom stereocenters. The maximum atomic E-state index is 12.0. The molecule has 6 heteroatoms. The summed E-state index contributed by atoms with van der Waals surface area (Å²) in [6.07, 6.45) is 2.62. The van der Waals surface area contributed by atoms with E-state index in [1.165, 1.54) is 37.1 Å². The highest BCUT2D eigenvalue weighted by Crippen LogP contribution is 2.18. The van der Waals surface area contributed by atoms with E-state index in [1.807, 2.05) is 24.3 Å². The third kappa shape index (κ3) is 7.90. The van der Waals surface area contributed by atoms with Gasteiger partial charge < -0.3 is 15.5 Å². The third-order valence-electron chi connectivity index (χ3n) is 6.14. The molecule has 1 aliphatic heterocycles. The van der Waals surface area contributed by atoms with Gasteiger partial charge in [-0.3, -0.25) is 9.69 Å². The average molecular weight is 450 g/mol. The summed E-state index contributed by atoms with van der Waals surface area (Å²) < 4.78 is 0. The van der Waals surface area contributed by atoms with E-state index in [4.69, 9.17) is 4.99 Å². The zero-order valence-corrected chi connectivity index (χ0v) is 20.6. The Labute approximate surface area is 199 Å². The molecule has 0 bridgehead atoms. The van der Waals surface area contributed by atoms with E-state index in [0.717, 1.165) is 37.1 Å². The molecule has 1 saturated heterocycles. The SMILES string of the molecule is CCNC(=NCc1ccc(C(=O)N(C)C)cc1)NCc1ccc(CN2CCC(C)CC2)cc1. The van der Waals surface area contributed by atoms with Gasteiger partial charge in [0.2, 0.25) is 0 Å². The Balaban J connectivity index is 1.51. The van der Waals surface area contributed by atoms with Gasteiger partial charge in [0, 0.05) is 39.3 Å². The van der Waals surface area contributed by atoms with Crippen LogP contribution in [0, 0.1) is 5.92 Å². The molecule has 1 heterocycles. The summed E-state index contributed by atoms with van der Waals surface area (Å²) >= 11 is 0. The van der Waals surface area contributed by atoms with Crippen molar-refractivity contribution in [1.82, 2.24) is 20.4 Å². The minimum atomic E-state index is 0.0107. The summed E-state index contributed by atoms with van der Waals surface area (Å²) in [5, 5.41) is 6.73. The van der Waals surface area contributed by atoms with E-state index in [0.29, 0.717) is 12.1 Å². The second-order valence-corrected chi connectivity index (χ2v) is 9.22. The van der Waals surface area contributed by atoms with Crippen LogP contribution in [0.5, 0.6) is 0 Å². The summed E-state index contributed by atoms with van der Waals surface area (Å²) in [4.78, 5) is 20.9. The molecule has 33 heavy (non-hydrogen) atoms. The second kappa shape index (κ2) is 12.4. The lowest BCUT2D eigenvalue weighted by molar-refractivity contribution is 0.0827. The molecular weight excluding hydrogens is 410 g/mol. The van der Waals surface area contributed by atoms with Gasteiger partial charge in [-0.15, -0.1) is 0 Å². The largest absolute Gasteiger partial charge is 0.357 e. The molecule has 1 aliphatic rings. The van der Waals surface area contributed by atoms with Gasteiger partial charge in [0.25, 0.3) is 5.91 Å². The van der Waals surface area contributed by atoms with Gasteiger partial charge in [-0.25, -0.2) is 4.99 Å². The number of nitrogens with zero attached hydrogens (tertiary/aromatic N) is 3. The molecule has 0 aliphatic carbocycles. The van der Waals surface area contributed by atoms with Crippen molar-refractivity contribution in [2.45, 2.75) is 46.3 Å². The number of aliphatic imine (C=N–C) groups is 1. The van der Waals surface area contributed by atoms with E-state index >= 15 is 0 Å². The molecule has 1 fully saturated rings. The first-order valence-electron chi connectivity index (χ1n) is 12.1. The van der Waals surface area contributed by atoms with Crippen LogP contribution in [0.25, 0.3) is 0 Å². The number of guanidine groups is 1. The summed E-state index contributed by atoms with van der Waals surface area (Å²) in [6, 6.07) is 16.6. The first-order valence-corrected chi connectivity index (χ1v) is 12.1. The highest BCUT2D eigenvalue weighted by atomic mass is 16.2. The summed E-state index contributed by atoms with van der Waals surface area (Å²) in [5.41, 5.74) is 4.38. The van der Waals surface area contributed by atoms with Crippen molar-refractivity contribution < 1.29 is 4.79 Å². The van der Waals surface area contributed by atoms with Gasteiger partial charge >= 0.3 is 0 Å². The average Bonchev–Trinajstić information content (AvgIpc) is 2.83. The lowest BCUT2D eigenvalue weighted by atomic mass is 9.99. The van der Waals surface area contributed by atoms with E-state index in [1.54, 1.807) is 19.0 Å². The van der Waals surface area contributed by atoms with Gasteiger partial charge in [-0.05, 0) is 67.6 Å². The van der Waals surface area contributed by atoms with Crippen LogP contribution in [0.1, 0.15) is 53.7 Å². The fourth-order valence-corrected chi connectivity index (χ4v) is 3.95. The molecule has 0 radical (unpaired) electrons. The summed E-state index contributed by atoms with van der Waals surface area (Å²) in [6.45, 7) is 9.97. The highest BCUT2D eigenvalue weighted by molar-refractivity contribution is 5.93. The van der Waals surface area contributed by atoms with Gasteiger partial charge in [-0.1, -0.05) is 43.3 Å². The van der Waals surface area contributed by atoms with Crippen molar-refractivity contribution >= 4 is 11.9 Å². The predicted molar refractivity (Wildman–Crippen MR) is 136 cm³/mol. The number of hydrogen-bond acceptors (Lipinski definition) is 3. The lowest BCUT2D eigenvalue weighted by Gasteiger charge is -2.30. The number of carbonyl (C=O) groups is 1. The Morgan fingerprint density at radius 3 is 2.18 bits per heavy atom. The number of amides is 1. The Morgan fingerprint density at radius 1 is 0.970 bits per heavy atom. The van der Waals surface area contributed by atoms with Crippen LogP contribution in [-0.2, 0) is 19.6 Å². The summed E-state index contributed by atoms with van der Waals surface area (Å²) in [7, 11) is 3.52. The first-order chi connectivity index (χ1) is 15.9. The number of piperidine rings is 1. The predicted octanol–water partition coefficient (Wildman–Crippen LogP) is 3.88. The lowest BCUT2D eigenvalue weighted by Crippen LogP contribution is -2.36. The molecule has 2 N–H and O–H groups in total. The highest BCUT2D eigenvalue weighted by Gasteiger charge is 2.15. The molecule has 0 aromatic heterocycles. The molecule has 178 valence electrons. The minimum absolute atomic E-state index is 0.0107. The Bertz CT molecular complexity index is 897. The molecule has 3 rings (SSSR count). The number of nitrogens with one attached hydrogen (secondary N) is 2. The van der Waals surface area contributed by atoms with Crippen LogP contribution >= 0.6 is 0 Å². The van der Waals surface area contributed by atoms with Gasteiger partial charge in [0.15, 0.2) is 5.96 Å². The molecule has 0 spiro atoms. The number of rotatable bonds is 8. The smallest absolute Gasteiger partial charge is 0.253 e. The zero-order valence-electron chi connectivity index (χ0n) is 20.6. The Hall–Kier alpha value is -2.86. The maximum Gasteiger partial charge on any atom is 0.253 e. The minimum Gasteiger partial charge on any atom is -0.357 e. The fourth-order valence-electron chi connectivity index (χ4n) is 3.95. The Kier molecular flexibility index (Phi) is 9.31. The van der Waals surface area contributed by atoms with Crippen LogP contribution < -0.4 is 10.6 Å². The van der Waals surface area contributed by atoms with Gasteiger partial charge in [-0.2, -0.15) is 0 Å². The second-order valence-electron chi connectivity index (χ2n) is 9.22. The molecule has 1 amide bonds. The van der Waals surface area contributed by atoms with Gasteiger partial charge in [0.1, 0.15) is 0 Å². The van der Waals surface area contributed by atoms with Crippen molar-refractivity contribution in [2.24, 2.45) is 10.9 Å². The maximum absolute atomic E-state index is 12.0. The normalized spacial score (nSPS) is 15.3. The van der Waals surface area contributed by atoms with E-state index < -0.39 is 0 Å². The number of likely N-dealkylation sites (tertiary alicyclic amines) is 1. The zero-order chi connectivity index (χ0) is 23.6. The van der Waals surface area contributed by atoms with Gasteiger partial charge in [0.05, 0.1) is 6.54 Å². The molecule has 6 nitrogen and oxygen atoms in total. The van der Waals surface area contributed by atoms with Crippen molar-refractivity contribution in [2.75, 3.05) is 33.7 Å². The standard InChI is InChI=1S/C27H39N5O/c1-5-28-27(30-19-23-10-12-25(13-11-23)26(33)31(3)4)29-18-22-6-8-24(9-7-22)20-32-16-14-21(2)15-17-32/h6-13,21H,5,14-20H2,1-4H3,(H2,28,29,30). The topological polar surface area (TPSA) is 60.0 Å². The van der Waals surface area contributed by atoms with Crippen molar-refractivity contribution in [3.63, 3.8) is 0 Å². The molecule has 2 aromatic rings.